The van der Waals surface area contributed by atoms with Crippen LogP contribution in [0.15, 0.2) is 82.5 Å². The summed E-state index contributed by atoms with van der Waals surface area (Å²) in [7, 11) is 0. The Kier molecular flexibility index (Phi) is 6.47. The number of aromatic nitrogens is 4. The molecule has 10 heteroatoms. The second-order valence-corrected chi connectivity index (χ2v) is 10.1. The monoisotopic (exact) mass is 492 g/mol. The number of hydrogen-bond donors (Lipinski definition) is 0. The van der Waals surface area contributed by atoms with Crippen molar-refractivity contribution < 1.29 is 4.79 Å². The van der Waals surface area contributed by atoms with Gasteiger partial charge in [0, 0.05) is 35.8 Å². The van der Waals surface area contributed by atoms with Crippen LogP contribution in [0.2, 0.25) is 0 Å². The van der Waals surface area contributed by atoms with Gasteiger partial charge in [0.2, 0.25) is 0 Å². The predicted octanol–water partition coefficient (Wildman–Crippen LogP) is 5.12. The summed E-state index contributed by atoms with van der Waals surface area (Å²) in [5.41, 5.74) is 1.82. The van der Waals surface area contributed by atoms with Crippen LogP contribution in [-0.2, 0) is 11.3 Å². The van der Waals surface area contributed by atoms with Crippen molar-refractivity contribution in [1.29, 1.82) is 0 Å². The third-order valence-corrected chi connectivity index (χ3v) is 7.96. The van der Waals surface area contributed by atoms with Crippen LogP contribution in [0.25, 0.3) is 11.4 Å². The van der Waals surface area contributed by atoms with Crippen molar-refractivity contribution in [1.82, 2.24) is 24.8 Å². The first-order chi connectivity index (χ1) is 16.2. The van der Waals surface area contributed by atoms with Crippen LogP contribution in [-0.4, -0.2) is 42.1 Å². The molecule has 5 rings (SSSR count). The molecule has 0 unspecified atom stereocenters. The summed E-state index contributed by atoms with van der Waals surface area (Å²) >= 11 is 4.66. The van der Waals surface area contributed by atoms with Gasteiger partial charge in [-0.2, -0.15) is 5.10 Å². The third-order valence-electron chi connectivity index (χ3n) is 5.12. The van der Waals surface area contributed by atoms with Gasteiger partial charge in [-0.05, 0) is 35.0 Å². The quantitative estimate of drug-likeness (QED) is 0.252. The van der Waals surface area contributed by atoms with E-state index in [9.17, 15) is 4.79 Å². The number of hydrogen-bond acceptors (Lipinski definition) is 8. The maximum Gasteiger partial charge on any atom is 0.253 e. The van der Waals surface area contributed by atoms with Crippen LogP contribution in [0, 0.1) is 0 Å². The fraction of sp³-hybridized carbons (Fsp3) is 0.174. The number of allylic oxidation sites excluding steroid dienone is 1. The molecule has 1 aliphatic rings. The van der Waals surface area contributed by atoms with Gasteiger partial charge >= 0.3 is 0 Å². The van der Waals surface area contributed by atoms with E-state index in [4.69, 9.17) is 5.10 Å². The van der Waals surface area contributed by atoms with Gasteiger partial charge in [0.05, 0.1) is 22.4 Å². The Morgan fingerprint density at radius 2 is 2.06 bits per heavy atom. The average Bonchev–Trinajstić information content (AvgIpc) is 3.64. The van der Waals surface area contributed by atoms with Gasteiger partial charge in [-0.25, -0.2) is 5.01 Å². The number of hydrazone groups is 1. The second kappa shape index (κ2) is 9.82. The molecule has 1 aliphatic heterocycles. The molecule has 0 radical (unpaired) electrons. The van der Waals surface area contributed by atoms with Gasteiger partial charge in [0.1, 0.15) is 0 Å². The lowest BCUT2D eigenvalue weighted by Crippen LogP contribution is -2.28. The number of nitrogens with zero attached hydrogens (tertiary/aromatic N) is 6. The van der Waals surface area contributed by atoms with Gasteiger partial charge in [0.25, 0.3) is 5.91 Å². The molecule has 4 aromatic heterocycles. The first kappa shape index (κ1) is 21.7. The Hall–Kier alpha value is -3.08. The van der Waals surface area contributed by atoms with Crippen LogP contribution in [0.5, 0.6) is 0 Å². The molecule has 0 spiro atoms. The van der Waals surface area contributed by atoms with Gasteiger partial charge in [0.15, 0.2) is 11.0 Å². The molecule has 0 bridgehead atoms. The van der Waals surface area contributed by atoms with E-state index < -0.39 is 0 Å². The maximum absolute atomic E-state index is 13.3. The number of thioether (sulfide) groups is 1. The zero-order valence-corrected chi connectivity index (χ0v) is 20.0. The van der Waals surface area contributed by atoms with E-state index in [-0.39, 0.29) is 17.7 Å². The van der Waals surface area contributed by atoms with Crippen molar-refractivity contribution >= 4 is 46.1 Å². The Balaban J connectivity index is 1.36. The molecule has 33 heavy (non-hydrogen) atoms. The lowest BCUT2D eigenvalue weighted by molar-refractivity contribution is -0.130. The van der Waals surface area contributed by atoms with Crippen molar-refractivity contribution in [2.24, 2.45) is 5.10 Å². The highest BCUT2D eigenvalue weighted by Crippen LogP contribution is 2.36. The SMILES string of the molecule is C=CCn1c(SCC(=O)N2N=C(c3cccs3)C[C@@H]2c2cccs2)nnc1-c1cccnc1. The molecular formula is C23H20N6OS3. The Labute approximate surface area is 203 Å². The summed E-state index contributed by atoms with van der Waals surface area (Å²) < 4.78 is 1.95. The van der Waals surface area contributed by atoms with Crippen LogP contribution in [0.4, 0.5) is 0 Å². The highest BCUT2D eigenvalue weighted by molar-refractivity contribution is 7.99. The van der Waals surface area contributed by atoms with E-state index in [0.29, 0.717) is 17.5 Å². The summed E-state index contributed by atoms with van der Waals surface area (Å²) in [4.78, 5) is 19.7. The van der Waals surface area contributed by atoms with Crippen molar-refractivity contribution in [3.05, 3.63) is 82.0 Å². The molecule has 0 aliphatic carbocycles. The Morgan fingerprint density at radius 3 is 2.79 bits per heavy atom. The maximum atomic E-state index is 13.3. The van der Waals surface area contributed by atoms with E-state index in [0.717, 1.165) is 27.5 Å². The molecule has 5 heterocycles. The molecule has 0 aromatic carbocycles. The van der Waals surface area contributed by atoms with E-state index >= 15 is 0 Å². The minimum Gasteiger partial charge on any atom is -0.298 e. The minimum atomic E-state index is -0.0767. The van der Waals surface area contributed by atoms with Crippen LogP contribution in [0.1, 0.15) is 22.2 Å². The van der Waals surface area contributed by atoms with Gasteiger partial charge in [-0.3, -0.25) is 14.3 Å². The topological polar surface area (TPSA) is 76.3 Å². The number of amides is 1. The molecule has 166 valence electrons. The summed E-state index contributed by atoms with van der Waals surface area (Å²) in [5.74, 6) is 0.862. The van der Waals surface area contributed by atoms with Gasteiger partial charge in [-0.1, -0.05) is 30.0 Å². The largest absolute Gasteiger partial charge is 0.298 e. The van der Waals surface area contributed by atoms with Crippen molar-refractivity contribution in [2.45, 2.75) is 24.2 Å². The molecule has 0 fully saturated rings. The first-order valence-electron chi connectivity index (χ1n) is 10.3. The highest BCUT2D eigenvalue weighted by Gasteiger charge is 2.34. The van der Waals surface area contributed by atoms with Gasteiger partial charge in [-0.15, -0.1) is 39.4 Å². The fourth-order valence-corrected chi connectivity index (χ4v) is 5.96. The fourth-order valence-electron chi connectivity index (χ4n) is 3.62. The normalized spacial score (nSPS) is 15.6. The smallest absolute Gasteiger partial charge is 0.253 e. The van der Waals surface area contributed by atoms with Crippen molar-refractivity contribution in [2.75, 3.05) is 5.75 Å². The molecule has 7 nitrogen and oxygen atoms in total. The number of rotatable bonds is 8. The summed E-state index contributed by atoms with van der Waals surface area (Å²) in [6.45, 7) is 4.39. The van der Waals surface area contributed by atoms with Crippen molar-refractivity contribution in [3.8, 4) is 11.4 Å². The molecule has 0 N–H and O–H groups in total. The predicted molar refractivity (Wildman–Crippen MR) is 134 cm³/mol. The summed E-state index contributed by atoms with van der Waals surface area (Å²) in [5, 5.41) is 19.8. The van der Waals surface area contributed by atoms with Gasteiger partial charge < -0.3 is 0 Å². The number of thiophene rings is 2. The zero-order valence-electron chi connectivity index (χ0n) is 17.6. The molecular weight excluding hydrogens is 472 g/mol. The summed E-state index contributed by atoms with van der Waals surface area (Å²) in [6, 6.07) is 11.9. The molecule has 0 saturated carbocycles. The van der Waals surface area contributed by atoms with E-state index in [1.165, 1.54) is 11.8 Å². The first-order valence-corrected chi connectivity index (χ1v) is 13.0. The Bertz CT molecular complexity index is 1270. The standard InChI is InChI=1S/C23H20N6OS3/c1-2-10-28-22(16-6-3-9-24-14-16)25-26-23(28)33-15-21(30)29-18(20-8-5-12-32-20)13-17(27-29)19-7-4-11-31-19/h2-9,11-12,14,18H,1,10,13,15H2/t18-/m1/s1. The van der Waals surface area contributed by atoms with Crippen LogP contribution >= 0.6 is 34.4 Å². The highest BCUT2D eigenvalue weighted by atomic mass is 32.2. The third kappa shape index (κ3) is 4.54. The van der Waals surface area contributed by atoms with Crippen LogP contribution < -0.4 is 0 Å². The summed E-state index contributed by atoms with van der Waals surface area (Å²) in [6.07, 6.45) is 5.98. The number of pyridine rings is 1. The van der Waals surface area contributed by atoms with E-state index in [2.05, 4.69) is 33.9 Å². The molecule has 1 atom stereocenters. The zero-order chi connectivity index (χ0) is 22.6. The van der Waals surface area contributed by atoms with Crippen LogP contribution in [0.3, 0.4) is 0 Å². The van der Waals surface area contributed by atoms with E-state index in [1.54, 1.807) is 46.2 Å². The molecule has 4 aromatic rings. The van der Waals surface area contributed by atoms with Crippen molar-refractivity contribution in [3.63, 3.8) is 0 Å². The minimum absolute atomic E-state index is 0.0546. The second-order valence-electron chi connectivity index (χ2n) is 7.23. The average molecular weight is 493 g/mol. The lowest BCUT2D eigenvalue weighted by Gasteiger charge is -2.20. The molecule has 1 amide bonds. The lowest BCUT2D eigenvalue weighted by atomic mass is 10.1. The number of carbonyl (C=O) groups excluding carboxylic acids is 1. The molecule has 0 saturated heterocycles. The number of carbonyl (C=O) groups is 1. The van der Waals surface area contributed by atoms with E-state index in [1.807, 2.05) is 39.6 Å². The Morgan fingerprint density at radius 1 is 1.18 bits per heavy atom.